The van der Waals surface area contributed by atoms with Crippen LogP contribution in [-0.2, 0) is 14.3 Å². The highest BCUT2D eigenvalue weighted by Gasteiger charge is 2.78. The molecule has 4 saturated carbocycles. The maximum absolute atomic E-state index is 12.4. The molecular weight excluding hydrogens is 432 g/mol. The fourth-order valence-corrected chi connectivity index (χ4v) is 9.98. The van der Waals surface area contributed by atoms with Gasteiger partial charge in [0.05, 0.1) is 23.9 Å². The first-order valence-electron chi connectivity index (χ1n) is 14.0. The van der Waals surface area contributed by atoms with E-state index >= 15 is 0 Å². The Morgan fingerprint density at radius 1 is 1.18 bits per heavy atom. The van der Waals surface area contributed by atoms with Crippen LogP contribution < -0.4 is 5.32 Å². The standard InChI is InChI=1S/C27H44N2O5/c1-29-13-12-26-22-17-8-9-20(30)23(22)34-24(26)18(10-11-27(26,33-2)21(29)15-17)28-19(25(31)32)14-16-6-4-3-5-7-16/h16-24,28,30H,3-15H2,1-2H3,(H,31,32)/t17?,18-,19+,20?,21?,22?,23?,24+,26+,27-/m1/s1. The van der Waals surface area contributed by atoms with Crippen LogP contribution in [0.4, 0.5) is 0 Å². The van der Waals surface area contributed by atoms with Gasteiger partial charge < -0.3 is 24.6 Å². The number of aliphatic hydroxyl groups excluding tert-OH is 1. The Morgan fingerprint density at radius 3 is 2.71 bits per heavy atom. The molecule has 10 atom stereocenters. The predicted octanol–water partition coefficient (Wildman–Crippen LogP) is 2.80. The number of aliphatic hydroxyl groups is 1. The summed E-state index contributed by atoms with van der Waals surface area (Å²) in [4.78, 5) is 14.9. The normalized spacial score (nSPS) is 49.4. The lowest BCUT2D eigenvalue weighted by Gasteiger charge is -2.69. The number of carboxylic acids is 1. The van der Waals surface area contributed by atoms with Crippen LogP contribution in [0.25, 0.3) is 0 Å². The number of carboxylic acid groups (broad SMARTS) is 1. The molecule has 7 heteroatoms. The van der Waals surface area contributed by atoms with Crippen LogP contribution in [0.1, 0.15) is 77.0 Å². The van der Waals surface area contributed by atoms with Crippen molar-refractivity contribution in [1.29, 1.82) is 0 Å². The topological polar surface area (TPSA) is 91.3 Å². The number of methoxy groups -OCH3 is 1. The third-order valence-corrected chi connectivity index (χ3v) is 11.3. The van der Waals surface area contributed by atoms with Gasteiger partial charge in [-0.05, 0) is 70.4 Å². The zero-order valence-corrected chi connectivity index (χ0v) is 21.0. The third-order valence-electron chi connectivity index (χ3n) is 11.3. The van der Waals surface area contributed by atoms with Gasteiger partial charge in [0.25, 0.3) is 0 Å². The van der Waals surface area contributed by atoms with Gasteiger partial charge in [0.1, 0.15) is 6.04 Å². The molecule has 6 rings (SSSR count). The van der Waals surface area contributed by atoms with Crippen molar-refractivity contribution in [2.24, 2.45) is 23.2 Å². The number of piperidine rings is 1. The largest absolute Gasteiger partial charge is 0.480 e. The molecule has 0 amide bonds. The lowest BCUT2D eigenvalue weighted by atomic mass is 9.42. The highest BCUT2D eigenvalue weighted by Crippen LogP contribution is 2.70. The molecule has 34 heavy (non-hydrogen) atoms. The van der Waals surface area contributed by atoms with E-state index in [0.717, 1.165) is 57.9 Å². The fraction of sp³-hybridized carbons (Fsp3) is 0.963. The van der Waals surface area contributed by atoms with Crippen LogP contribution in [0.5, 0.6) is 0 Å². The molecule has 7 nitrogen and oxygen atoms in total. The molecule has 6 fully saturated rings. The molecule has 192 valence electrons. The second kappa shape index (κ2) is 8.69. The minimum atomic E-state index is -0.732. The molecule has 3 N–H and O–H groups in total. The van der Waals surface area contributed by atoms with Gasteiger partial charge >= 0.3 is 5.97 Å². The Morgan fingerprint density at radius 2 is 1.97 bits per heavy atom. The lowest BCUT2D eigenvalue weighted by molar-refractivity contribution is -0.269. The number of likely N-dealkylation sites (N-methyl/N-ethyl adjacent to an activating group) is 1. The molecule has 0 aromatic heterocycles. The molecule has 1 spiro atoms. The van der Waals surface area contributed by atoms with Crippen LogP contribution in [-0.4, -0.2) is 83.8 Å². The van der Waals surface area contributed by atoms with Crippen LogP contribution in [0.2, 0.25) is 0 Å². The molecular formula is C27H44N2O5. The zero-order chi connectivity index (χ0) is 23.7. The van der Waals surface area contributed by atoms with Crippen molar-refractivity contribution < 1.29 is 24.5 Å². The molecule has 0 aromatic rings. The highest BCUT2D eigenvalue weighted by atomic mass is 16.5. The summed E-state index contributed by atoms with van der Waals surface area (Å²) in [7, 11) is 4.13. The van der Waals surface area contributed by atoms with Gasteiger partial charge in [0, 0.05) is 30.5 Å². The number of likely N-dealkylation sites (tertiary alicyclic amines) is 1. The van der Waals surface area contributed by atoms with E-state index in [1.165, 1.54) is 19.3 Å². The van der Waals surface area contributed by atoms with Gasteiger partial charge in [0.15, 0.2) is 0 Å². The Balaban J connectivity index is 1.33. The zero-order valence-electron chi connectivity index (χ0n) is 21.0. The molecule has 2 heterocycles. The maximum atomic E-state index is 12.4. The van der Waals surface area contributed by atoms with Crippen molar-refractivity contribution >= 4 is 5.97 Å². The van der Waals surface area contributed by atoms with Gasteiger partial charge in [-0.15, -0.1) is 0 Å². The smallest absolute Gasteiger partial charge is 0.320 e. The summed E-state index contributed by atoms with van der Waals surface area (Å²) in [6.45, 7) is 1.01. The number of hydrogen-bond acceptors (Lipinski definition) is 6. The number of nitrogens with one attached hydrogen (secondary N) is 1. The van der Waals surface area contributed by atoms with E-state index in [4.69, 9.17) is 9.47 Å². The molecule has 0 aromatic carbocycles. The van der Waals surface area contributed by atoms with Gasteiger partial charge in [0.2, 0.25) is 0 Å². The molecule has 2 saturated heterocycles. The summed E-state index contributed by atoms with van der Waals surface area (Å²) < 4.78 is 13.4. The average Bonchev–Trinajstić information content (AvgIpc) is 3.20. The molecule has 2 aliphatic heterocycles. The number of rotatable bonds is 6. The Kier molecular flexibility index (Phi) is 6.04. The number of carbonyl (C=O) groups is 1. The first-order valence-corrected chi connectivity index (χ1v) is 14.0. The second-order valence-corrected chi connectivity index (χ2v) is 12.5. The van der Waals surface area contributed by atoms with E-state index in [0.29, 0.717) is 30.2 Å². The van der Waals surface area contributed by atoms with Crippen LogP contribution in [0.15, 0.2) is 0 Å². The Labute approximate surface area is 203 Å². The minimum Gasteiger partial charge on any atom is -0.480 e. The molecule has 2 bridgehead atoms. The first kappa shape index (κ1) is 23.7. The third kappa shape index (κ3) is 3.22. The van der Waals surface area contributed by atoms with Crippen molar-refractivity contribution in [3.05, 3.63) is 0 Å². The van der Waals surface area contributed by atoms with Gasteiger partial charge in [-0.25, -0.2) is 0 Å². The van der Waals surface area contributed by atoms with E-state index in [9.17, 15) is 15.0 Å². The van der Waals surface area contributed by atoms with E-state index in [1.54, 1.807) is 0 Å². The van der Waals surface area contributed by atoms with Gasteiger partial charge in [-0.1, -0.05) is 32.1 Å². The van der Waals surface area contributed by atoms with Crippen molar-refractivity contribution in [2.75, 3.05) is 20.7 Å². The van der Waals surface area contributed by atoms with Crippen LogP contribution in [0, 0.1) is 23.2 Å². The maximum Gasteiger partial charge on any atom is 0.320 e. The van der Waals surface area contributed by atoms with Gasteiger partial charge in [-0.3, -0.25) is 10.1 Å². The second-order valence-electron chi connectivity index (χ2n) is 12.5. The monoisotopic (exact) mass is 476 g/mol. The Bertz CT molecular complexity index is 789. The summed E-state index contributed by atoms with van der Waals surface area (Å²) in [6.07, 6.45) is 11.8. The molecule has 6 aliphatic rings. The SMILES string of the molecule is CO[C@]12CC[C@@H](N[C@@H](CC3CCCCC3)C(=O)O)[C@@H]3OC4C(O)CCC5CC1N(C)CC[C@]32C54. The molecule has 4 aliphatic carbocycles. The van der Waals surface area contributed by atoms with Crippen molar-refractivity contribution in [1.82, 2.24) is 10.2 Å². The summed E-state index contributed by atoms with van der Waals surface area (Å²) >= 11 is 0. The Hall–Kier alpha value is -0.730. The first-order chi connectivity index (χ1) is 16.4. The summed E-state index contributed by atoms with van der Waals surface area (Å²) in [5.74, 6) is 0.621. The van der Waals surface area contributed by atoms with E-state index in [-0.39, 0.29) is 29.3 Å². The van der Waals surface area contributed by atoms with Crippen molar-refractivity contribution in [3.63, 3.8) is 0 Å². The average molecular weight is 477 g/mol. The molecule has 5 unspecified atom stereocenters. The number of ether oxygens (including phenoxy) is 2. The van der Waals surface area contributed by atoms with E-state index in [1.807, 2.05) is 7.11 Å². The predicted molar refractivity (Wildman–Crippen MR) is 127 cm³/mol. The lowest BCUT2D eigenvalue weighted by Crippen LogP contribution is -2.78. The van der Waals surface area contributed by atoms with Crippen LogP contribution in [0.3, 0.4) is 0 Å². The highest BCUT2D eigenvalue weighted by molar-refractivity contribution is 5.73. The summed E-state index contributed by atoms with van der Waals surface area (Å²) in [5, 5.41) is 24.8. The minimum absolute atomic E-state index is 0.00595. The van der Waals surface area contributed by atoms with Crippen molar-refractivity contribution in [2.45, 2.75) is 119 Å². The summed E-state index contributed by atoms with van der Waals surface area (Å²) in [5.41, 5.74) is -0.435. The van der Waals surface area contributed by atoms with Gasteiger partial charge in [-0.2, -0.15) is 0 Å². The van der Waals surface area contributed by atoms with E-state index in [2.05, 4.69) is 17.3 Å². The van der Waals surface area contributed by atoms with E-state index < -0.39 is 18.1 Å². The quantitative estimate of drug-likeness (QED) is 0.543. The number of aliphatic carboxylic acids is 1. The van der Waals surface area contributed by atoms with Crippen molar-refractivity contribution in [3.8, 4) is 0 Å². The fourth-order valence-electron chi connectivity index (χ4n) is 9.98. The number of nitrogens with zero attached hydrogens (tertiary/aromatic N) is 1. The molecule has 0 radical (unpaired) electrons. The number of hydrogen-bond donors (Lipinski definition) is 3. The van der Waals surface area contributed by atoms with Crippen LogP contribution >= 0.6 is 0 Å². The summed E-state index contributed by atoms with van der Waals surface area (Å²) in [6, 6.07) is -0.170.